The first-order chi connectivity index (χ1) is 9.65. The summed E-state index contributed by atoms with van der Waals surface area (Å²) in [5.74, 6) is -0.0117. The van der Waals surface area contributed by atoms with Crippen molar-refractivity contribution in [2.45, 2.75) is 31.7 Å². The average Bonchev–Trinajstić information content (AvgIpc) is 2.44. The highest BCUT2D eigenvalue weighted by molar-refractivity contribution is 9.10. The van der Waals surface area contributed by atoms with Crippen LogP contribution in [0.3, 0.4) is 0 Å². The summed E-state index contributed by atoms with van der Waals surface area (Å²) >= 11 is 3.40. The van der Waals surface area contributed by atoms with E-state index in [1.54, 1.807) is 0 Å². The second-order valence-corrected chi connectivity index (χ2v) is 6.07. The Hall–Kier alpha value is -1.07. The molecule has 5 heteroatoms. The number of ether oxygens (including phenoxy) is 1. The van der Waals surface area contributed by atoms with Crippen LogP contribution < -0.4 is 10.1 Å². The number of halogens is 1. The Morgan fingerprint density at radius 3 is 3.05 bits per heavy atom. The van der Waals surface area contributed by atoms with Crippen molar-refractivity contribution >= 4 is 21.9 Å². The summed E-state index contributed by atoms with van der Waals surface area (Å²) in [5, 5.41) is 12.4. The normalized spacial score (nSPS) is 22.4. The van der Waals surface area contributed by atoms with Crippen molar-refractivity contribution in [1.82, 2.24) is 5.32 Å². The molecule has 20 heavy (non-hydrogen) atoms. The zero-order valence-electron chi connectivity index (χ0n) is 11.3. The zero-order chi connectivity index (χ0) is 14.4. The molecule has 1 aliphatic rings. The lowest BCUT2D eigenvalue weighted by atomic mass is 9.86. The predicted molar refractivity (Wildman–Crippen MR) is 81.0 cm³/mol. The molecule has 1 saturated carbocycles. The zero-order valence-corrected chi connectivity index (χ0v) is 12.9. The van der Waals surface area contributed by atoms with Crippen molar-refractivity contribution in [3.05, 3.63) is 28.7 Å². The number of benzene rings is 1. The van der Waals surface area contributed by atoms with Gasteiger partial charge in [0.15, 0.2) is 0 Å². The summed E-state index contributed by atoms with van der Waals surface area (Å²) in [6, 6.07) is 8.05. The van der Waals surface area contributed by atoms with E-state index >= 15 is 0 Å². The molecule has 0 heterocycles. The maximum absolute atomic E-state index is 11.0. The standard InChI is InChI=1S/C15H20BrNO3/c16-12-4-2-6-14(10-12)20-8-7-17-13-5-1-3-11(9-13)15(18)19/h2,4,6,10-11,13,17H,1,3,5,7-9H2,(H,18,19). The van der Waals surface area contributed by atoms with Crippen LogP contribution in [0.25, 0.3) is 0 Å². The van der Waals surface area contributed by atoms with E-state index < -0.39 is 5.97 Å². The monoisotopic (exact) mass is 341 g/mol. The fourth-order valence-corrected chi connectivity index (χ4v) is 2.97. The first kappa shape index (κ1) is 15.3. The summed E-state index contributed by atoms with van der Waals surface area (Å²) < 4.78 is 6.64. The Balaban J connectivity index is 1.67. The molecule has 0 aliphatic heterocycles. The van der Waals surface area contributed by atoms with E-state index in [4.69, 9.17) is 9.84 Å². The molecule has 4 nitrogen and oxygen atoms in total. The van der Waals surface area contributed by atoms with Gasteiger partial charge in [0.2, 0.25) is 0 Å². The van der Waals surface area contributed by atoms with E-state index in [1.165, 1.54) is 0 Å². The molecule has 0 bridgehead atoms. The maximum atomic E-state index is 11.0. The summed E-state index contributed by atoms with van der Waals surface area (Å²) in [6.07, 6.45) is 3.58. The summed E-state index contributed by atoms with van der Waals surface area (Å²) in [7, 11) is 0. The van der Waals surface area contributed by atoms with Gasteiger partial charge in [0, 0.05) is 17.1 Å². The third kappa shape index (κ3) is 4.80. The average molecular weight is 342 g/mol. The van der Waals surface area contributed by atoms with Gasteiger partial charge in [-0.05, 0) is 37.5 Å². The molecule has 0 aromatic heterocycles. The third-order valence-electron chi connectivity index (χ3n) is 3.62. The second-order valence-electron chi connectivity index (χ2n) is 5.16. The Labute approximate surface area is 127 Å². The molecule has 110 valence electrons. The van der Waals surface area contributed by atoms with Crippen molar-refractivity contribution in [3.8, 4) is 5.75 Å². The minimum Gasteiger partial charge on any atom is -0.492 e. The van der Waals surface area contributed by atoms with Gasteiger partial charge in [-0.25, -0.2) is 0 Å². The quantitative estimate of drug-likeness (QED) is 0.780. The van der Waals surface area contributed by atoms with Crippen molar-refractivity contribution in [3.63, 3.8) is 0 Å². The summed E-state index contributed by atoms with van der Waals surface area (Å²) in [5.41, 5.74) is 0. The number of nitrogens with one attached hydrogen (secondary N) is 1. The van der Waals surface area contributed by atoms with E-state index in [1.807, 2.05) is 24.3 Å². The van der Waals surface area contributed by atoms with Crippen molar-refractivity contribution in [2.24, 2.45) is 5.92 Å². The number of hydrogen-bond donors (Lipinski definition) is 2. The van der Waals surface area contributed by atoms with E-state index in [-0.39, 0.29) is 5.92 Å². The maximum Gasteiger partial charge on any atom is 0.306 e. The van der Waals surface area contributed by atoms with Gasteiger partial charge >= 0.3 is 5.97 Å². The van der Waals surface area contributed by atoms with Gasteiger partial charge in [0.1, 0.15) is 12.4 Å². The fourth-order valence-electron chi connectivity index (χ4n) is 2.59. The number of hydrogen-bond acceptors (Lipinski definition) is 3. The van der Waals surface area contributed by atoms with Crippen molar-refractivity contribution < 1.29 is 14.6 Å². The third-order valence-corrected chi connectivity index (χ3v) is 4.12. The molecular weight excluding hydrogens is 322 g/mol. The van der Waals surface area contributed by atoms with Crippen LogP contribution in [0.4, 0.5) is 0 Å². The fraction of sp³-hybridized carbons (Fsp3) is 0.533. The minimum atomic E-state index is -0.665. The summed E-state index contributed by atoms with van der Waals surface area (Å²) in [4.78, 5) is 11.0. The van der Waals surface area contributed by atoms with E-state index in [0.717, 1.165) is 42.5 Å². The van der Waals surface area contributed by atoms with Crippen LogP contribution in [0, 0.1) is 5.92 Å². The molecule has 2 atom stereocenters. The van der Waals surface area contributed by atoms with Crippen LogP contribution in [-0.2, 0) is 4.79 Å². The number of carboxylic acids is 1. The van der Waals surface area contributed by atoms with Crippen LogP contribution in [-0.4, -0.2) is 30.3 Å². The van der Waals surface area contributed by atoms with Gasteiger partial charge in [-0.3, -0.25) is 4.79 Å². The molecule has 1 aromatic rings. The van der Waals surface area contributed by atoms with E-state index in [0.29, 0.717) is 12.6 Å². The van der Waals surface area contributed by atoms with Gasteiger partial charge in [-0.15, -0.1) is 0 Å². The van der Waals surface area contributed by atoms with Gasteiger partial charge in [-0.2, -0.15) is 0 Å². The molecular formula is C15H20BrNO3. The number of carbonyl (C=O) groups is 1. The Morgan fingerprint density at radius 2 is 2.30 bits per heavy atom. The molecule has 0 spiro atoms. The van der Waals surface area contributed by atoms with Crippen LogP contribution >= 0.6 is 15.9 Å². The first-order valence-corrected chi connectivity index (χ1v) is 7.79. The van der Waals surface area contributed by atoms with Crippen LogP contribution in [0.15, 0.2) is 28.7 Å². The molecule has 1 aromatic carbocycles. The highest BCUT2D eigenvalue weighted by Gasteiger charge is 2.26. The number of rotatable bonds is 6. The van der Waals surface area contributed by atoms with Crippen molar-refractivity contribution in [1.29, 1.82) is 0 Å². The molecule has 0 radical (unpaired) electrons. The molecule has 1 aliphatic carbocycles. The van der Waals surface area contributed by atoms with Crippen LogP contribution in [0.1, 0.15) is 25.7 Å². The highest BCUT2D eigenvalue weighted by atomic mass is 79.9. The molecule has 2 rings (SSSR count). The highest BCUT2D eigenvalue weighted by Crippen LogP contribution is 2.24. The Morgan fingerprint density at radius 1 is 1.45 bits per heavy atom. The van der Waals surface area contributed by atoms with Gasteiger partial charge in [-0.1, -0.05) is 28.4 Å². The second kappa shape index (κ2) is 7.64. The topological polar surface area (TPSA) is 58.6 Å². The molecule has 0 saturated heterocycles. The number of aliphatic carboxylic acids is 1. The van der Waals surface area contributed by atoms with Gasteiger partial charge in [0.05, 0.1) is 5.92 Å². The van der Waals surface area contributed by atoms with Gasteiger partial charge < -0.3 is 15.2 Å². The molecule has 2 unspecified atom stereocenters. The molecule has 2 N–H and O–H groups in total. The Kier molecular flexibility index (Phi) is 5.86. The summed E-state index contributed by atoms with van der Waals surface area (Å²) in [6.45, 7) is 1.33. The largest absolute Gasteiger partial charge is 0.492 e. The SMILES string of the molecule is O=C(O)C1CCCC(NCCOc2cccc(Br)c2)C1. The predicted octanol–water partition coefficient (Wildman–Crippen LogP) is 3.06. The smallest absolute Gasteiger partial charge is 0.306 e. The minimum absolute atomic E-state index is 0.188. The van der Waals surface area contributed by atoms with E-state index in [2.05, 4.69) is 21.2 Å². The lowest BCUT2D eigenvalue weighted by molar-refractivity contribution is -0.143. The first-order valence-electron chi connectivity index (χ1n) is 6.99. The van der Waals surface area contributed by atoms with Crippen LogP contribution in [0.2, 0.25) is 0 Å². The lowest BCUT2D eigenvalue weighted by Gasteiger charge is -2.27. The van der Waals surface area contributed by atoms with Crippen LogP contribution in [0.5, 0.6) is 5.75 Å². The Bertz CT molecular complexity index is 452. The van der Waals surface area contributed by atoms with Gasteiger partial charge in [0.25, 0.3) is 0 Å². The molecule has 0 amide bonds. The van der Waals surface area contributed by atoms with Crippen molar-refractivity contribution in [2.75, 3.05) is 13.2 Å². The number of carboxylic acid groups (broad SMARTS) is 1. The lowest BCUT2D eigenvalue weighted by Crippen LogP contribution is -2.38. The molecule has 1 fully saturated rings. The van der Waals surface area contributed by atoms with E-state index in [9.17, 15) is 4.79 Å².